The molecular weight excluding hydrogens is 795 g/mol. The number of aromatic nitrogens is 4. The van der Waals surface area contributed by atoms with Crippen LogP contribution >= 0.6 is 0 Å². The van der Waals surface area contributed by atoms with E-state index in [1.165, 1.54) is 11.3 Å². The number of nitrogens with zero attached hydrogens (tertiary/aromatic N) is 7. The summed E-state index contributed by atoms with van der Waals surface area (Å²) < 4.78 is 24.5. The second kappa shape index (κ2) is 20.2. The Hall–Kier alpha value is -5.46. The summed E-state index contributed by atoms with van der Waals surface area (Å²) in [5.41, 5.74) is 3.81. The van der Waals surface area contributed by atoms with Crippen molar-refractivity contribution in [1.29, 1.82) is 0 Å². The molecule has 5 aromatic rings. The Balaban J connectivity index is 0.765. The van der Waals surface area contributed by atoms with Crippen LogP contribution < -0.4 is 15.5 Å². The van der Waals surface area contributed by atoms with Gasteiger partial charge in [-0.3, -0.25) is 23.7 Å². The van der Waals surface area contributed by atoms with Crippen molar-refractivity contribution in [2.45, 2.75) is 65.3 Å². The van der Waals surface area contributed by atoms with Crippen LogP contribution in [0.5, 0.6) is 0 Å². The van der Waals surface area contributed by atoms with Crippen LogP contribution in [0.2, 0.25) is 0 Å². The molecule has 17 nitrogen and oxygen atoms in total. The molecule has 0 radical (unpaired) electrons. The molecule has 0 spiro atoms. The van der Waals surface area contributed by atoms with Gasteiger partial charge in [0, 0.05) is 57.4 Å². The number of fused-ring (bicyclic) bond motifs is 3. The molecule has 3 N–H and O–H groups in total. The third kappa shape index (κ3) is 10.9. The number of piperazine rings is 1. The van der Waals surface area contributed by atoms with Gasteiger partial charge in [-0.1, -0.05) is 57.2 Å². The fraction of sp³-hybridized carbons (Fsp3) is 0.511. The molecule has 62 heavy (non-hydrogen) atoms. The van der Waals surface area contributed by atoms with Gasteiger partial charge in [0.2, 0.25) is 23.5 Å². The predicted molar refractivity (Wildman–Crippen MR) is 232 cm³/mol. The molecule has 2 aliphatic rings. The molecule has 332 valence electrons. The number of amides is 3. The van der Waals surface area contributed by atoms with E-state index in [2.05, 4.69) is 42.5 Å². The number of benzene rings is 2. The van der Waals surface area contributed by atoms with E-state index in [9.17, 15) is 19.5 Å². The number of rotatable bonds is 18. The Labute approximate surface area is 361 Å². The number of anilines is 1. The van der Waals surface area contributed by atoms with Crippen molar-refractivity contribution >= 4 is 40.4 Å². The largest absolute Gasteiger partial charge is 0.443 e. The zero-order valence-corrected chi connectivity index (χ0v) is 36.3. The fourth-order valence-corrected chi connectivity index (χ4v) is 7.93. The van der Waals surface area contributed by atoms with Crippen molar-refractivity contribution < 1.29 is 38.1 Å². The predicted octanol–water partition coefficient (Wildman–Crippen LogP) is 3.39. The Kier molecular flexibility index (Phi) is 14.5. The van der Waals surface area contributed by atoms with Gasteiger partial charge in [-0.2, -0.15) is 4.98 Å². The molecule has 7 rings (SSSR count). The van der Waals surface area contributed by atoms with Crippen LogP contribution in [-0.4, -0.2) is 149 Å². The first-order valence-corrected chi connectivity index (χ1v) is 21.4. The van der Waals surface area contributed by atoms with E-state index in [4.69, 9.17) is 23.6 Å². The van der Waals surface area contributed by atoms with Crippen molar-refractivity contribution in [3.8, 4) is 11.3 Å². The second-order valence-corrected chi connectivity index (χ2v) is 17.0. The van der Waals surface area contributed by atoms with Crippen molar-refractivity contribution in [2.24, 2.45) is 5.41 Å². The molecule has 2 saturated heterocycles. The molecule has 3 amide bonds. The molecule has 17 heteroatoms. The Morgan fingerprint density at radius 2 is 1.61 bits per heavy atom. The molecule has 5 heterocycles. The zero-order valence-electron chi connectivity index (χ0n) is 36.3. The lowest BCUT2D eigenvalue weighted by atomic mass is 9.85. The van der Waals surface area contributed by atoms with Gasteiger partial charge in [0.25, 0.3) is 0 Å². The summed E-state index contributed by atoms with van der Waals surface area (Å²) in [6.45, 7) is 15.3. The van der Waals surface area contributed by atoms with Gasteiger partial charge in [-0.15, -0.1) is 0 Å². The molecule has 0 bridgehead atoms. The number of aliphatic hydroxyl groups excluding tert-OH is 1. The van der Waals surface area contributed by atoms with Crippen molar-refractivity contribution in [3.63, 3.8) is 0 Å². The summed E-state index contributed by atoms with van der Waals surface area (Å²) in [5.74, 6) is 1.04. The number of carbonyl (C=O) groups is 3. The maximum absolute atomic E-state index is 14.0. The Morgan fingerprint density at radius 3 is 2.32 bits per heavy atom. The topological polar surface area (TPSA) is 189 Å². The first-order valence-electron chi connectivity index (χ1n) is 21.4. The molecule has 2 aromatic carbocycles. The molecule has 4 atom stereocenters. The standard InChI is InChI=1S/C45H59N9O8/c1-30(32-10-12-33(13-11-32)40-31(2)46-29-62-40)47-42(57)37-26-34(55)27-54(37)43(58)41(45(3,4)5)50-39(56)28-61-25-24-60-23-22-59-21-20-51-16-18-52(19-17-51)38-14-15-53-36-9-7-6-8-35(36)48-44(53)49-38/h6-15,29-30,34,37,41,55H,16-28H2,1-5H3,(H,47,57)(H,50,56)/t30?,34-,37+,41?/m1/s1. The Bertz CT molecular complexity index is 2280. The second-order valence-electron chi connectivity index (χ2n) is 17.0. The Morgan fingerprint density at radius 1 is 0.903 bits per heavy atom. The van der Waals surface area contributed by atoms with Crippen LogP contribution in [0.1, 0.15) is 51.4 Å². The smallest absolute Gasteiger partial charge is 0.246 e. The number of carbonyl (C=O) groups excluding carboxylic acids is 3. The van der Waals surface area contributed by atoms with Gasteiger partial charge in [0.05, 0.1) is 61.9 Å². The highest BCUT2D eigenvalue weighted by molar-refractivity contribution is 5.93. The van der Waals surface area contributed by atoms with Crippen molar-refractivity contribution in [3.05, 3.63) is 78.4 Å². The van der Waals surface area contributed by atoms with E-state index in [1.54, 1.807) is 0 Å². The normalized spacial score (nSPS) is 18.4. The molecule has 2 fully saturated rings. The number of nitrogens with one attached hydrogen (secondary N) is 2. The lowest BCUT2D eigenvalue weighted by Crippen LogP contribution is -2.58. The summed E-state index contributed by atoms with van der Waals surface area (Å²) in [6, 6.07) is 15.5. The van der Waals surface area contributed by atoms with Crippen molar-refractivity contribution in [2.75, 3.05) is 83.8 Å². The highest BCUT2D eigenvalue weighted by Gasteiger charge is 2.44. The monoisotopic (exact) mass is 853 g/mol. The van der Waals surface area contributed by atoms with E-state index in [0.717, 1.165) is 66.4 Å². The number of oxazole rings is 1. The van der Waals surface area contributed by atoms with Crippen LogP contribution in [0.25, 0.3) is 28.1 Å². The van der Waals surface area contributed by atoms with Gasteiger partial charge in [0.15, 0.2) is 12.2 Å². The number of hydrogen-bond acceptors (Lipinski definition) is 13. The van der Waals surface area contributed by atoms with Gasteiger partial charge >= 0.3 is 0 Å². The van der Waals surface area contributed by atoms with E-state index < -0.39 is 35.4 Å². The van der Waals surface area contributed by atoms with Gasteiger partial charge in [0.1, 0.15) is 24.5 Å². The number of β-amino-alcohol motifs (C(OH)–C–C–N with tert-alkyl or cyclic N) is 1. The van der Waals surface area contributed by atoms with Crippen LogP contribution in [0, 0.1) is 12.3 Å². The van der Waals surface area contributed by atoms with Crippen LogP contribution in [0.3, 0.4) is 0 Å². The van der Waals surface area contributed by atoms with Crippen LogP contribution in [0.15, 0.2) is 71.6 Å². The van der Waals surface area contributed by atoms with E-state index in [0.29, 0.717) is 31.4 Å². The third-order valence-corrected chi connectivity index (χ3v) is 11.4. The molecule has 3 aromatic heterocycles. The first kappa shape index (κ1) is 44.6. The molecule has 2 unspecified atom stereocenters. The lowest BCUT2D eigenvalue weighted by Gasteiger charge is -2.35. The molecule has 0 saturated carbocycles. The minimum absolute atomic E-state index is 0.0190. The number of likely N-dealkylation sites (tertiary alicyclic amines) is 1. The summed E-state index contributed by atoms with van der Waals surface area (Å²) in [5, 5.41) is 16.4. The number of aliphatic hydroxyl groups is 1. The first-order chi connectivity index (χ1) is 29.9. The highest BCUT2D eigenvalue weighted by Crippen LogP contribution is 2.28. The summed E-state index contributed by atoms with van der Waals surface area (Å²) in [6.07, 6.45) is 2.66. The van der Waals surface area contributed by atoms with Gasteiger partial charge in [-0.25, -0.2) is 9.97 Å². The maximum atomic E-state index is 14.0. The van der Waals surface area contributed by atoms with Crippen LogP contribution in [-0.2, 0) is 28.6 Å². The summed E-state index contributed by atoms with van der Waals surface area (Å²) >= 11 is 0. The minimum atomic E-state index is -0.961. The minimum Gasteiger partial charge on any atom is -0.443 e. The lowest BCUT2D eigenvalue weighted by molar-refractivity contribution is -0.144. The average Bonchev–Trinajstić information content (AvgIpc) is 3.99. The SMILES string of the molecule is Cc1ncoc1-c1ccc(C(C)NC(=O)[C@@H]2C[C@@H](O)CN2C(=O)C(NC(=O)COCCOCCOCCN2CCN(c3ccn4c(n3)nc3ccccc34)CC2)C(C)(C)C)cc1. The van der Waals surface area contributed by atoms with Gasteiger partial charge < -0.3 is 44.2 Å². The quantitative estimate of drug-likeness (QED) is 0.109. The average molecular weight is 854 g/mol. The van der Waals surface area contributed by atoms with E-state index >= 15 is 0 Å². The van der Waals surface area contributed by atoms with Crippen LogP contribution in [0.4, 0.5) is 5.82 Å². The summed E-state index contributed by atoms with van der Waals surface area (Å²) in [4.78, 5) is 60.3. The number of aryl methyl sites for hydroxylation is 1. The third-order valence-electron chi connectivity index (χ3n) is 11.4. The van der Waals surface area contributed by atoms with Crippen molar-refractivity contribution in [1.82, 2.24) is 39.8 Å². The van der Waals surface area contributed by atoms with Gasteiger partial charge in [-0.05, 0) is 43.0 Å². The fourth-order valence-electron chi connectivity index (χ4n) is 7.93. The zero-order chi connectivity index (χ0) is 43.8. The number of hydrogen-bond donors (Lipinski definition) is 3. The summed E-state index contributed by atoms with van der Waals surface area (Å²) in [7, 11) is 0. The number of ether oxygens (including phenoxy) is 3. The molecular formula is C45H59N9O8. The number of imidazole rings is 1. The maximum Gasteiger partial charge on any atom is 0.246 e. The molecule has 0 aliphatic carbocycles. The molecule has 2 aliphatic heterocycles. The van der Waals surface area contributed by atoms with E-state index in [1.807, 2.05) is 87.7 Å². The van der Waals surface area contributed by atoms with E-state index in [-0.39, 0.29) is 44.7 Å². The number of para-hydroxylation sites is 2. The highest BCUT2D eigenvalue weighted by atomic mass is 16.5.